The summed E-state index contributed by atoms with van der Waals surface area (Å²) in [5.41, 5.74) is 0. The van der Waals surface area contributed by atoms with Gasteiger partial charge in [0.15, 0.2) is 13.1 Å². The van der Waals surface area contributed by atoms with E-state index in [0.29, 0.717) is 0 Å². The highest BCUT2D eigenvalue weighted by Crippen LogP contribution is 2.08. The van der Waals surface area contributed by atoms with Gasteiger partial charge >= 0.3 is 0 Å². The van der Waals surface area contributed by atoms with E-state index in [0.717, 1.165) is 0 Å². The fourth-order valence-corrected chi connectivity index (χ4v) is 1.76. The highest BCUT2D eigenvalue weighted by molar-refractivity contribution is 14.1. The monoisotopic (exact) mass is 259 g/mol. The maximum Gasteiger partial charge on any atom is 0.198 e. The maximum atomic E-state index is 10.7. The zero-order valence-corrected chi connectivity index (χ0v) is 7.81. The van der Waals surface area contributed by atoms with Gasteiger partial charge in [0, 0.05) is 5.75 Å². The van der Waals surface area contributed by atoms with Crippen LogP contribution < -0.4 is 0 Å². The Labute approximate surface area is 68.1 Å². The molecule has 0 saturated carbocycles. The summed E-state index contributed by atoms with van der Waals surface area (Å²) in [6.07, 6.45) is 0. The number of halogens is 1. The van der Waals surface area contributed by atoms with E-state index in [-0.39, 0.29) is 5.75 Å². The third kappa shape index (κ3) is 2.49. The molecule has 0 rings (SSSR count). The standard InChI is InChI=1S/C4H6INO2S/c1-2-9(7,8)4(5)3-6/h4H,2H2,1H3/t4-/m1/s1. The molecule has 0 bridgehead atoms. The topological polar surface area (TPSA) is 57.9 Å². The van der Waals surface area contributed by atoms with E-state index in [1.54, 1.807) is 28.7 Å². The first kappa shape index (κ1) is 9.17. The van der Waals surface area contributed by atoms with Crippen molar-refractivity contribution in [2.24, 2.45) is 0 Å². The molecule has 0 spiro atoms. The minimum Gasteiger partial charge on any atom is -0.227 e. The molecule has 0 unspecified atom stereocenters. The first-order chi connectivity index (χ1) is 4.04. The van der Waals surface area contributed by atoms with E-state index < -0.39 is 13.1 Å². The quantitative estimate of drug-likeness (QED) is 0.542. The van der Waals surface area contributed by atoms with Crippen LogP contribution in [0.15, 0.2) is 0 Å². The van der Waals surface area contributed by atoms with Gasteiger partial charge in [0.05, 0.1) is 6.07 Å². The summed E-state index contributed by atoms with van der Waals surface area (Å²) in [6, 6.07) is 1.65. The molecule has 0 aromatic rings. The van der Waals surface area contributed by atoms with Gasteiger partial charge in [0.1, 0.15) is 0 Å². The van der Waals surface area contributed by atoms with Gasteiger partial charge in [-0.05, 0) is 22.6 Å². The molecular formula is C4H6INO2S. The summed E-state index contributed by atoms with van der Waals surface area (Å²) in [5, 5.41) is 8.16. The average Bonchev–Trinajstić information content (AvgIpc) is 1.86. The fraction of sp³-hybridized carbons (Fsp3) is 0.750. The second kappa shape index (κ2) is 3.37. The Morgan fingerprint density at radius 3 is 2.33 bits per heavy atom. The predicted molar refractivity (Wildman–Crippen MR) is 42.9 cm³/mol. The van der Waals surface area contributed by atoms with E-state index in [9.17, 15) is 8.42 Å². The van der Waals surface area contributed by atoms with Crippen LogP contribution in [0.5, 0.6) is 0 Å². The van der Waals surface area contributed by atoms with Crippen LogP contribution in [-0.4, -0.2) is 17.4 Å². The van der Waals surface area contributed by atoms with Crippen molar-refractivity contribution in [3.63, 3.8) is 0 Å². The van der Waals surface area contributed by atoms with Gasteiger partial charge in [-0.25, -0.2) is 8.42 Å². The minimum atomic E-state index is -3.12. The van der Waals surface area contributed by atoms with Gasteiger partial charge in [-0.3, -0.25) is 0 Å². The molecule has 0 aliphatic rings. The Bertz CT molecular complexity index is 215. The summed E-state index contributed by atoms with van der Waals surface area (Å²) < 4.78 is 20.5. The Morgan fingerprint density at radius 1 is 1.78 bits per heavy atom. The van der Waals surface area contributed by atoms with Crippen molar-refractivity contribution in [3.05, 3.63) is 0 Å². The maximum absolute atomic E-state index is 10.7. The SMILES string of the molecule is CCS(=O)(=O)[C@@H](I)C#N. The summed E-state index contributed by atoms with van der Waals surface area (Å²) in [4.78, 5) is 0. The number of nitrogens with zero attached hydrogens (tertiary/aromatic N) is 1. The van der Waals surface area contributed by atoms with Crippen LogP contribution in [0.3, 0.4) is 0 Å². The first-order valence-electron chi connectivity index (χ1n) is 2.30. The number of alkyl halides is 1. The highest BCUT2D eigenvalue weighted by Gasteiger charge is 2.18. The van der Waals surface area contributed by atoms with Crippen molar-refractivity contribution < 1.29 is 8.42 Å². The van der Waals surface area contributed by atoms with Gasteiger partial charge < -0.3 is 0 Å². The van der Waals surface area contributed by atoms with E-state index in [1.807, 2.05) is 0 Å². The number of hydrogen-bond acceptors (Lipinski definition) is 3. The fourth-order valence-electron chi connectivity index (χ4n) is 0.227. The molecule has 0 N–H and O–H groups in total. The van der Waals surface area contributed by atoms with Crippen LogP contribution in [0.4, 0.5) is 0 Å². The largest absolute Gasteiger partial charge is 0.227 e. The van der Waals surface area contributed by atoms with Crippen LogP contribution in [0.2, 0.25) is 0 Å². The molecule has 0 heterocycles. The van der Waals surface area contributed by atoms with Crippen LogP contribution in [0.25, 0.3) is 0 Å². The number of hydrogen-bond donors (Lipinski definition) is 0. The van der Waals surface area contributed by atoms with E-state index in [2.05, 4.69) is 0 Å². The number of sulfone groups is 1. The van der Waals surface area contributed by atoms with E-state index in [4.69, 9.17) is 5.26 Å². The summed E-state index contributed by atoms with van der Waals surface area (Å²) >= 11 is 1.60. The van der Waals surface area contributed by atoms with Crippen molar-refractivity contribution in [3.8, 4) is 6.07 Å². The third-order valence-corrected chi connectivity index (χ3v) is 4.96. The zero-order chi connectivity index (χ0) is 7.49. The summed E-state index contributed by atoms with van der Waals surface area (Å²) in [7, 11) is -3.12. The normalized spacial score (nSPS) is 14.3. The molecule has 0 aromatic heterocycles. The molecule has 3 nitrogen and oxygen atoms in total. The lowest BCUT2D eigenvalue weighted by Gasteiger charge is -1.97. The molecule has 52 valence electrons. The molecule has 0 fully saturated rings. The second-order valence-electron chi connectivity index (χ2n) is 1.40. The van der Waals surface area contributed by atoms with Crippen molar-refractivity contribution in [2.45, 2.75) is 10.2 Å². The summed E-state index contributed by atoms with van der Waals surface area (Å²) in [6.45, 7) is 1.53. The van der Waals surface area contributed by atoms with Gasteiger partial charge in [-0.15, -0.1) is 0 Å². The van der Waals surface area contributed by atoms with Crippen LogP contribution >= 0.6 is 22.6 Å². The Hall–Kier alpha value is 0.170. The van der Waals surface area contributed by atoms with E-state index >= 15 is 0 Å². The molecule has 0 aliphatic carbocycles. The molecule has 9 heavy (non-hydrogen) atoms. The van der Waals surface area contributed by atoms with Crippen LogP contribution in [-0.2, 0) is 9.84 Å². The first-order valence-corrected chi connectivity index (χ1v) is 5.26. The Balaban J connectivity index is 4.41. The Kier molecular flexibility index (Phi) is 3.43. The molecular weight excluding hydrogens is 253 g/mol. The second-order valence-corrected chi connectivity index (χ2v) is 5.86. The number of nitriles is 1. The molecule has 1 atom stereocenters. The van der Waals surface area contributed by atoms with Crippen LogP contribution in [0.1, 0.15) is 6.92 Å². The minimum absolute atomic E-state index is 0.0359. The lowest BCUT2D eigenvalue weighted by atomic mass is 10.9. The van der Waals surface area contributed by atoms with Crippen LogP contribution in [0, 0.1) is 11.3 Å². The van der Waals surface area contributed by atoms with Crippen molar-refractivity contribution >= 4 is 32.4 Å². The van der Waals surface area contributed by atoms with Crippen molar-refractivity contribution in [1.29, 1.82) is 5.26 Å². The Morgan fingerprint density at radius 2 is 2.22 bits per heavy atom. The predicted octanol–water partition coefficient (Wildman–Crippen LogP) is 0.706. The highest BCUT2D eigenvalue weighted by atomic mass is 127. The van der Waals surface area contributed by atoms with Gasteiger partial charge in [-0.2, -0.15) is 5.26 Å². The molecule has 0 amide bonds. The molecule has 0 radical (unpaired) electrons. The van der Waals surface area contributed by atoms with E-state index in [1.165, 1.54) is 6.92 Å². The lowest BCUT2D eigenvalue weighted by Crippen LogP contribution is -2.14. The zero-order valence-electron chi connectivity index (χ0n) is 4.83. The molecule has 0 aromatic carbocycles. The van der Waals surface area contributed by atoms with Gasteiger partial charge in [0.2, 0.25) is 0 Å². The number of rotatable bonds is 2. The molecule has 0 aliphatic heterocycles. The summed E-state index contributed by atoms with van der Waals surface area (Å²) in [5.74, 6) is 0.0359. The lowest BCUT2D eigenvalue weighted by molar-refractivity contribution is 0.599. The van der Waals surface area contributed by atoms with Gasteiger partial charge in [0.25, 0.3) is 0 Å². The average molecular weight is 259 g/mol. The smallest absolute Gasteiger partial charge is 0.198 e. The molecule has 5 heteroatoms. The van der Waals surface area contributed by atoms with Gasteiger partial charge in [-0.1, -0.05) is 6.92 Å². The van der Waals surface area contributed by atoms with Crippen molar-refractivity contribution in [1.82, 2.24) is 0 Å². The molecule has 0 saturated heterocycles. The third-order valence-electron chi connectivity index (χ3n) is 0.819. The van der Waals surface area contributed by atoms with Crippen molar-refractivity contribution in [2.75, 3.05) is 5.75 Å².